The Bertz CT molecular complexity index is 1250. The summed E-state index contributed by atoms with van der Waals surface area (Å²) in [6, 6.07) is 5.80. The minimum atomic E-state index is -0.930. The Hall–Kier alpha value is -3.79. The number of Topliss-reactive ketones (excluding diaryl/α,β-unsaturated/α-hetero) is 1. The van der Waals surface area contributed by atoms with Crippen LogP contribution >= 0.6 is 11.3 Å². The molecule has 1 aromatic carbocycles. The van der Waals surface area contributed by atoms with E-state index in [9.17, 15) is 14.7 Å². The maximum atomic E-state index is 13.7. The maximum absolute atomic E-state index is 13.7. The molecule has 1 aliphatic heterocycles. The highest BCUT2D eigenvalue weighted by molar-refractivity contribution is 7.14. The van der Waals surface area contributed by atoms with Gasteiger partial charge >= 0.3 is 0 Å². The molecule has 0 aliphatic carbocycles. The lowest BCUT2D eigenvalue weighted by Crippen LogP contribution is -2.30. The van der Waals surface area contributed by atoms with Crippen LogP contribution in [0.3, 0.4) is 0 Å². The number of benzene rings is 1. The molecule has 0 radical (unpaired) electrons. The summed E-state index contributed by atoms with van der Waals surface area (Å²) in [6.45, 7) is 3.55. The van der Waals surface area contributed by atoms with Crippen molar-refractivity contribution < 1.29 is 33.3 Å². The van der Waals surface area contributed by atoms with Gasteiger partial charge in [0.05, 0.1) is 61.3 Å². The Kier molecular flexibility index (Phi) is 6.34. The third kappa shape index (κ3) is 3.90. The molecule has 3 aromatic rings. The Morgan fingerprint density at radius 3 is 2.35 bits per heavy atom. The predicted octanol–water partition coefficient (Wildman–Crippen LogP) is 4.16. The molecule has 0 spiro atoms. The molecule has 10 heteroatoms. The van der Waals surface area contributed by atoms with Crippen molar-refractivity contribution in [1.82, 2.24) is 9.88 Å². The van der Waals surface area contributed by atoms with Crippen LogP contribution in [0.25, 0.3) is 0 Å². The van der Waals surface area contributed by atoms with Gasteiger partial charge in [-0.3, -0.25) is 9.59 Å². The highest BCUT2D eigenvalue weighted by atomic mass is 32.1. The molecule has 1 atom stereocenters. The van der Waals surface area contributed by atoms with Gasteiger partial charge < -0.3 is 28.6 Å². The van der Waals surface area contributed by atoms with E-state index in [4.69, 9.17) is 18.6 Å². The highest BCUT2D eigenvalue weighted by Gasteiger charge is 2.45. The van der Waals surface area contributed by atoms with Crippen molar-refractivity contribution in [2.24, 2.45) is 0 Å². The molecular formula is C24H24N2O7S. The average Bonchev–Trinajstić information content (AvgIpc) is 3.52. The van der Waals surface area contributed by atoms with E-state index >= 15 is 0 Å². The Morgan fingerprint density at radius 2 is 1.85 bits per heavy atom. The Balaban J connectivity index is 1.90. The van der Waals surface area contributed by atoms with Crippen LogP contribution < -0.4 is 14.2 Å². The summed E-state index contributed by atoms with van der Waals surface area (Å²) >= 11 is 1.21. The maximum Gasteiger partial charge on any atom is 0.290 e. The number of thiazole rings is 1. The first kappa shape index (κ1) is 23.4. The van der Waals surface area contributed by atoms with Crippen LogP contribution in [-0.4, -0.2) is 48.0 Å². The molecule has 0 fully saturated rings. The first-order chi connectivity index (χ1) is 16.3. The molecule has 1 N–H and O–H groups in total. The van der Waals surface area contributed by atoms with Crippen LogP contribution in [0.15, 0.2) is 46.3 Å². The number of hydrogen-bond acceptors (Lipinski definition) is 9. The second-order valence-electron chi connectivity index (χ2n) is 7.61. The number of carbonyl (C=O) groups is 2. The molecule has 3 heterocycles. The number of aliphatic hydroxyl groups is 1. The van der Waals surface area contributed by atoms with Gasteiger partial charge in [-0.25, -0.2) is 4.98 Å². The number of aromatic nitrogens is 1. The summed E-state index contributed by atoms with van der Waals surface area (Å²) in [5.74, 6) is -0.189. The zero-order valence-corrected chi connectivity index (χ0v) is 20.2. The van der Waals surface area contributed by atoms with Gasteiger partial charge in [0.2, 0.25) is 11.5 Å². The number of carbonyl (C=O) groups excluding carboxylic acids is 2. The van der Waals surface area contributed by atoms with Gasteiger partial charge in [-0.2, -0.15) is 0 Å². The predicted molar refractivity (Wildman–Crippen MR) is 124 cm³/mol. The number of ketones is 1. The zero-order chi connectivity index (χ0) is 24.6. The average molecular weight is 485 g/mol. The Labute approximate surface area is 200 Å². The van der Waals surface area contributed by atoms with E-state index in [1.807, 2.05) is 0 Å². The first-order valence-corrected chi connectivity index (χ1v) is 11.2. The SMILES string of the molecule is COc1cc(C2C(C(=O)c3sc(C)nc3C)=C(O)C(=O)N2Cc2ccco2)cc(OC)c1OC. The van der Waals surface area contributed by atoms with Gasteiger partial charge in [0.25, 0.3) is 5.91 Å². The second-order valence-corrected chi connectivity index (χ2v) is 8.82. The van der Waals surface area contributed by atoms with Gasteiger partial charge in [0.15, 0.2) is 17.3 Å². The summed E-state index contributed by atoms with van der Waals surface area (Å²) in [4.78, 5) is 32.9. The van der Waals surface area contributed by atoms with E-state index in [0.717, 1.165) is 0 Å². The van der Waals surface area contributed by atoms with Gasteiger partial charge in [-0.05, 0) is 43.7 Å². The normalized spacial score (nSPS) is 15.7. The standard InChI is InChI=1S/C24H24N2O7S/c1-12-23(34-13(2)25-12)20(27)18-19(14-9-16(30-3)22(32-5)17(10-14)31-4)26(24(29)21(18)28)11-15-7-6-8-33-15/h6-10,19,28H,11H2,1-5H3. The summed E-state index contributed by atoms with van der Waals surface area (Å²) in [5, 5.41) is 11.6. The van der Waals surface area contributed by atoms with Gasteiger partial charge in [-0.15, -0.1) is 11.3 Å². The topological polar surface area (TPSA) is 111 Å². The van der Waals surface area contributed by atoms with E-state index < -0.39 is 23.5 Å². The fourth-order valence-corrected chi connectivity index (χ4v) is 4.96. The van der Waals surface area contributed by atoms with Crippen molar-refractivity contribution in [3.05, 3.63) is 68.8 Å². The summed E-state index contributed by atoms with van der Waals surface area (Å²) in [7, 11) is 4.44. The van der Waals surface area contributed by atoms with Crippen LogP contribution in [0.2, 0.25) is 0 Å². The van der Waals surface area contributed by atoms with Crippen LogP contribution in [0.5, 0.6) is 17.2 Å². The van der Waals surface area contributed by atoms with Crippen molar-refractivity contribution in [3.8, 4) is 17.2 Å². The number of nitrogens with zero attached hydrogens (tertiary/aromatic N) is 2. The number of methoxy groups -OCH3 is 3. The molecule has 2 aromatic heterocycles. The molecule has 1 amide bonds. The van der Waals surface area contributed by atoms with Crippen molar-refractivity contribution in [2.45, 2.75) is 26.4 Å². The minimum Gasteiger partial charge on any atom is -0.503 e. The quantitative estimate of drug-likeness (QED) is 0.475. The molecule has 34 heavy (non-hydrogen) atoms. The number of aliphatic hydroxyl groups excluding tert-OH is 1. The third-order valence-corrected chi connectivity index (χ3v) is 6.64. The molecule has 0 saturated heterocycles. The lowest BCUT2D eigenvalue weighted by Gasteiger charge is -2.27. The van der Waals surface area contributed by atoms with E-state index in [2.05, 4.69) is 4.98 Å². The van der Waals surface area contributed by atoms with Gasteiger partial charge in [-0.1, -0.05) is 0 Å². The molecular weight excluding hydrogens is 460 g/mol. The van der Waals surface area contributed by atoms with Crippen molar-refractivity contribution in [2.75, 3.05) is 21.3 Å². The number of furan rings is 1. The van der Waals surface area contributed by atoms with Gasteiger partial charge in [0.1, 0.15) is 5.76 Å². The monoisotopic (exact) mass is 484 g/mol. The van der Waals surface area contributed by atoms with Crippen LogP contribution in [-0.2, 0) is 11.3 Å². The summed E-state index contributed by atoms with van der Waals surface area (Å²) < 4.78 is 21.8. The third-order valence-electron chi connectivity index (χ3n) is 5.57. The summed E-state index contributed by atoms with van der Waals surface area (Å²) in [5.41, 5.74) is 0.992. The number of hydrogen-bond donors (Lipinski definition) is 1. The fraction of sp³-hybridized carbons (Fsp3) is 0.292. The molecule has 0 bridgehead atoms. The lowest BCUT2D eigenvalue weighted by atomic mass is 9.94. The van der Waals surface area contributed by atoms with Gasteiger partial charge in [0, 0.05) is 0 Å². The molecule has 0 saturated carbocycles. The fourth-order valence-electron chi connectivity index (χ4n) is 4.09. The molecule has 1 unspecified atom stereocenters. The molecule has 178 valence electrons. The number of rotatable bonds is 8. The largest absolute Gasteiger partial charge is 0.503 e. The highest BCUT2D eigenvalue weighted by Crippen LogP contribution is 2.46. The smallest absolute Gasteiger partial charge is 0.290 e. The van der Waals surface area contributed by atoms with E-state index in [0.29, 0.717) is 44.2 Å². The van der Waals surface area contributed by atoms with Crippen LogP contribution in [0.1, 0.15) is 37.7 Å². The number of ether oxygens (including phenoxy) is 3. The van der Waals surface area contributed by atoms with E-state index in [1.54, 1.807) is 38.1 Å². The lowest BCUT2D eigenvalue weighted by molar-refractivity contribution is -0.130. The number of aryl methyl sites for hydroxylation is 2. The second kappa shape index (κ2) is 9.22. The minimum absolute atomic E-state index is 0.0364. The molecule has 1 aliphatic rings. The van der Waals surface area contributed by atoms with E-state index in [1.165, 1.54) is 43.8 Å². The number of amides is 1. The first-order valence-electron chi connectivity index (χ1n) is 10.4. The van der Waals surface area contributed by atoms with Crippen LogP contribution in [0.4, 0.5) is 0 Å². The van der Waals surface area contributed by atoms with Crippen molar-refractivity contribution >= 4 is 23.0 Å². The van der Waals surface area contributed by atoms with Crippen LogP contribution in [0, 0.1) is 13.8 Å². The summed E-state index contributed by atoms with van der Waals surface area (Å²) in [6.07, 6.45) is 1.49. The zero-order valence-electron chi connectivity index (χ0n) is 19.4. The molecule has 9 nitrogen and oxygen atoms in total. The van der Waals surface area contributed by atoms with Crippen molar-refractivity contribution in [1.29, 1.82) is 0 Å². The molecule has 4 rings (SSSR count). The van der Waals surface area contributed by atoms with E-state index in [-0.39, 0.29) is 12.1 Å². The Morgan fingerprint density at radius 1 is 1.18 bits per heavy atom. The van der Waals surface area contributed by atoms with Crippen molar-refractivity contribution in [3.63, 3.8) is 0 Å².